The van der Waals surface area contributed by atoms with Gasteiger partial charge in [0, 0.05) is 17.6 Å². The Labute approximate surface area is 193 Å². The summed E-state index contributed by atoms with van der Waals surface area (Å²) >= 11 is 1.26. The number of nitrogens with one attached hydrogen (secondary N) is 1. The molecule has 2 aromatic rings. The third-order valence-electron chi connectivity index (χ3n) is 6.61. The van der Waals surface area contributed by atoms with Crippen LogP contribution in [0.2, 0.25) is 0 Å². The van der Waals surface area contributed by atoms with Gasteiger partial charge in [-0.25, -0.2) is 4.98 Å². The molecule has 32 heavy (non-hydrogen) atoms. The van der Waals surface area contributed by atoms with Crippen molar-refractivity contribution in [2.24, 2.45) is 0 Å². The van der Waals surface area contributed by atoms with Crippen molar-refractivity contribution in [3.05, 3.63) is 46.2 Å². The summed E-state index contributed by atoms with van der Waals surface area (Å²) in [4.78, 5) is 35.3. The topological polar surface area (TPSA) is 89.8 Å². The molecule has 7 heteroatoms. The van der Waals surface area contributed by atoms with Crippen molar-refractivity contribution in [1.29, 1.82) is 5.26 Å². The van der Waals surface area contributed by atoms with E-state index in [4.69, 9.17) is 0 Å². The molecule has 0 atom stereocenters. The number of H-pyrrole nitrogens is 1. The van der Waals surface area contributed by atoms with Crippen molar-refractivity contribution in [1.82, 2.24) is 14.9 Å². The van der Waals surface area contributed by atoms with Gasteiger partial charge >= 0.3 is 0 Å². The Kier molecular flexibility index (Phi) is 7.64. The molecule has 6 nitrogen and oxygen atoms in total. The van der Waals surface area contributed by atoms with Crippen molar-refractivity contribution < 1.29 is 4.79 Å². The molecule has 2 saturated carbocycles. The van der Waals surface area contributed by atoms with Gasteiger partial charge in [-0.05, 0) is 25.7 Å². The lowest BCUT2D eigenvalue weighted by atomic mass is 9.88. The molecule has 2 aliphatic carbocycles. The van der Waals surface area contributed by atoms with Crippen LogP contribution in [0.3, 0.4) is 0 Å². The second-order valence-electron chi connectivity index (χ2n) is 8.75. The molecule has 1 aromatic heterocycles. The Morgan fingerprint density at radius 1 is 1.03 bits per heavy atom. The first kappa shape index (κ1) is 22.6. The Hall–Kier alpha value is -2.59. The fraction of sp³-hybridized carbons (Fsp3) is 0.520. The number of thioether (sulfide) groups is 1. The lowest BCUT2D eigenvalue weighted by Crippen LogP contribution is -2.49. The number of aromatic nitrogens is 2. The van der Waals surface area contributed by atoms with E-state index in [0.717, 1.165) is 31.2 Å². The van der Waals surface area contributed by atoms with Crippen molar-refractivity contribution in [2.45, 2.75) is 81.4 Å². The van der Waals surface area contributed by atoms with Crippen LogP contribution in [0.5, 0.6) is 0 Å². The minimum absolute atomic E-state index is 0.00193. The monoisotopic (exact) mass is 450 g/mol. The molecule has 1 heterocycles. The van der Waals surface area contributed by atoms with Crippen molar-refractivity contribution >= 4 is 17.7 Å². The summed E-state index contributed by atoms with van der Waals surface area (Å²) in [7, 11) is 0. The molecule has 168 valence electrons. The normalized spacial score (nSPS) is 17.6. The van der Waals surface area contributed by atoms with Gasteiger partial charge in [0.25, 0.3) is 5.56 Å². The summed E-state index contributed by atoms with van der Waals surface area (Å²) in [6, 6.07) is 11.9. The van der Waals surface area contributed by atoms with E-state index in [1.807, 2.05) is 36.4 Å². The van der Waals surface area contributed by atoms with Gasteiger partial charge in [-0.3, -0.25) is 9.59 Å². The van der Waals surface area contributed by atoms with Crippen LogP contribution in [0, 0.1) is 11.3 Å². The molecule has 2 fully saturated rings. The number of carbonyl (C=O) groups is 1. The van der Waals surface area contributed by atoms with Gasteiger partial charge in [-0.1, -0.05) is 80.6 Å². The third kappa shape index (κ3) is 5.24. The summed E-state index contributed by atoms with van der Waals surface area (Å²) in [5.74, 6) is 0.387. The highest BCUT2D eigenvalue weighted by atomic mass is 32.2. The maximum atomic E-state index is 13.4. The standard InChI is InChI=1S/C25H30N4O2S/c26-16-21-23(18-10-4-1-5-11-18)27-25(28-24(21)31)32-17-22(30)29(19-12-6-2-7-13-19)20-14-8-3-9-15-20/h1,4-5,10-11,19-20H,2-3,6-9,12-15,17H2,(H,27,28,31). The van der Waals surface area contributed by atoms with E-state index in [9.17, 15) is 14.9 Å². The Morgan fingerprint density at radius 2 is 1.62 bits per heavy atom. The SMILES string of the molecule is N#Cc1c(-c2ccccc2)nc(SCC(=O)N(C2CCCCC2)C2CCCCC2)[nH]c1=O. The highest BCUT2D eigenvalue weighted by Crippen LogP contribution is 2.31. The van der Waals surface area contributed by atoms with Crippen LogP contribution in [0.4, 0.5) is 0 Å². The van der Waals surface area contributed by atoms with E-state index in [0.29, 0.717) is 22.9 Å². The number of aromatic amines is 1. The summed E-state index contributed by atoms with van der Waals surface area (Å²) in [6.07, 6.45) is 11.7. The molecule has 0 spiro atoms. The Bertz CT molecular complexity index is 1000. The van der Waals surface area contributed by atoms with Gasteiger partial charge < -0.3 is 9.88 Å². The fourth-order valence-corrected chi connectivity index (χ4v) is 5.79. The minimum Gasteiger partial charge on any atom is -0.336 e. The van der Waals surface area contributed by atoms with E-state index >= 15 is 0 Å². The number of hydrogen-bond acceptors (Lipinski definition) is 5. The number of benzene rings is 1. The zero-order valence-electron chi connectivity index (χ0n) is 18.4. The maximum absolute atomic E-state index is 13.4. The third-order valence-corrected chi connectivity index (χ3v) is 7.47. The highest BCUT2D eigenvalue weighted by Gasteiger charge is 2.32. The van der Waals surface area contributed by atoms with E-state index < -0.39 is 5.56 Å². The predicted molar refractivity (Wildman–Crippen MR) is 126 cm³/mol. The summed E-state index contributed by atoms with van der Waals surface area (Å²) in [5.41, 5.74) is 0.614. The number of amides is 1. The zero-order valence-corrected chi connectivity index (χ0v) is 19.2. The van der Waals surface area contributed by atoms with Gasteiger partial charge in [-0.15, -0.1) is 0 Å². The van der Waals surface area contributed by atoms with Crippen molar-refractivity contribution in [2.75, 3.05) is 5.75 Å². The van der Waals surface area contributed by atoms with Gasteiger partial charge in [0.15, 0.2) is 5.16 Å². The number of nitrogens with zero attached hydrogens (tertiary/aromatic N) is 3. The van der Waals surface area contributed by atoms with Crippen LogP contribution in [-0.4, -0.2) is 38.6 Å². The molecule has 0 saturated heterocycles. The molecule has 0 radical (unpaired) electrons. The second-order valence-corrected chi connectivity index (χ2v) is 9.71. The van der Waals surface area contributed by atoms with Crippen LogP contribution in [0.15, 0.2) is 40.3 Å². The van der Waals surface area contributed by atoms with E-state index in [1.54, 1.807) is 0 Å². The van der Waals surface area contributed by atoms with E-state index in [1.165, 1.54) is 50.3 Å². The first-order valence-electron chi connectivity index (χ1n) is 11.7. The Balaban J connectivity index is 1.53. The van der Waals surface area contributed by atoms with Gasteiger partial charge in [0.05, 0.1) is 11.4 Å². The van der Waals surface area contributed by atoms with Crippen LogP contribution in [0.25, 0.3) is 11.3 Å². The van der Waals surface area contributed by atoms with Crippen molar-refractivity contribution in [3.8, 4) is 17.3 Å². The summed E-state index contributed by atoms with van der Waals surface area (Å²) in [6.45, 7) is 0. The molecule has 1 N–H and O–H groups in total. The molecule has 0 aliphatic heterocycles. The zero-order chi connectivity index (χ0) is 22.3. The average Bonchev–Trinajstić information content (AvgIpc) is 2.84. The van der Waals surface area contributed by atoms with Gasteiger partial charge in [0.1, 0.15) is 11.6 Å². The molecule has 0 unspecified atom stereocenters. The van der Waals surface area contributed by atoms with Gasteiger partial charge in [0.2, 0.25) is 5.91 Å². The summed E-state index contributed by atoms with van der Waals surface area (Å²) in [5, 5.41) is 9.84. The van der Waals surface area contributed by atoms with Crippen LogP contribution in [0.1, 0.15) is 69.8 Å². The lowest BCUT2D eigenvalue weighted by Gasteiger charge is -2.41. The average molecular weight is 451 g/mol. The number of hydrogen-bond donors (Lipinski definition) is 1. The van der Waals surface area contributed by atoms with Gasteiger partial charge in [-0.2, -0.15) is 5.26 Å². The molecule has 4 rings (SSSR count). The largest absolute Gasteiger partial charge is 0.336 e. The number of rotatable bonds is 6. The number of carbonyl (C=O) groups excluding carboxylic acids is 1. The molecule has 2 aliphatic rings. The van der Waals surface area contributed by atoms with Crippen LogP contribution >= 0.6 is 11.8 Å². The fourth-order valence-electron chi connectivity index (χ4n) is 5.06. The molecule has 0 bridgehead atoms. The second kappa shape index (κ2) is 10.8. The molecule has 1 aromatic carbocycles. The molecular formula is C25H30N4O2S. The number of nitriles is 1. The first-order valence-corrected chi connectivity index (χ1v) is 12.7. The predicted octanol–water partition coefficient (Wildman–Crippen LogP) is 4.89. The molecule has 1 amide bonds. The lowest BCUT2D eigenvalue weighted by molar-refractivity contribution is -0.135. The minimum atomic E-state index is -0.465. The first-order chi connectivity index (χ1) is 15.7. The van der Waals surface area contributed by atoms with Crippen molar-refractivity contribution in [3.63, 3.8) is 0 Å². The maximum Gasteiger partial charge on any atom is 0.270 e. The smallest absolute Gasteiger partial charge is 0.270 e. The highest BCUT2D eigenvalue weighted by molar-refractivity contribution is 7.99. The van der Waals surface area contributed by atoms with Crippen LogP contribution in [-0.2, 0) is 4.79 Å². The van der Waals surface area contributed by atoms with Crippen LogP contribution < -0.4 is 5.56 Å². The van der Waals surface area contributed by atoms with E-state index in [-0.39, 0.29) is 17.2 Å². The summed E-state index contributed by atoms with van der Waals surface area (Å²) < 4.78 is 0. The van der Waals surface area contributed by atoms with E-state index in [2.05, 4.69) is 14.9 Å². The quantitative estimate of drug-likeness (QED) is 0.500. The Morgan fingerprint density at radius 3 is 2.19 bits per heavy atom. The molecular weight excluding hydrogens is 420 g/mol.